The van der Waals surface area contributed by atoms with E-state index in [1.54, 1.807) is 18.2 Å². The molecule has 1 N–H and O–H groups in total. The minimum absolute atomic E-state index is 0.114. The Bertz CT molecular complexity index is 831. The Morgan fingerprint density at radius 2 is 1.89 bits per heavy atom. The zero-order valence-electron chi connectivity index (χ0n) is 14.9. The normalized spacial score (nSPS) is 10.3. The number of amides is 1. The molecular formula is C18H19FN2O5S. The predicted octanol–water partition coefficient (Wildman–Crippen LogP) is 3.41. The molecule has 2 rings (SSSR count). The maximum absolute atomic E-state index is 13.5. The highest BCUT2D eigenvalue weighted by molar-refractivity contribution is 7.98. The third-order valence-electron chi connectivity index (χ3n) is 3.69. The molecule has 0 spiro atoms. The molecule has 144 valence electrons. The fourth-order valence-corrected chi connectivity index (χ4v) is 3.18. The SMILES string of the molecule is COc1cc(C(=O)NCCSCc2ccccc2F)c([N+](=O)[O-])cc1OC. The van der Waals surface area contributed by atoms with E-state index in [4.69, 9.17) is 9.47 Å². The van der Waals surface area contributed by atoms with Crippen molar-refractivity contribution < 1.29 is 23.6 Å². The van der Waals surface area contributed by atoms with Gasteiger partial charge in [0.15, 0.2) is 11.5 Å². The van der Waals surface area contributed by atoms with Crippen LogP contribution in [-0.2, 0) is 5.75 Å². The molecule has 2 aromatic carbocycles. The standard InChI is InChI=1S/C18H19FN2O5S/c1-25-16-9-13(15(21(23)24)10-17(16)26-2)18(22)20-7-8-27-11-12-5-3-4-6-14(12)19/h3-6,9-10H,7-8,11H2,1-2H3,(H,20,22). The van der Waals surface area contributed by atoms with E-state index in [1.807, 2.05) is 0 Å². The van der Waals surface area contributed by atoms with Crippen molar-refractivity contribution in [3.8, 4) is 11.5 Å². The van der Waals surface area contributed by atoms with Crippen molar-refractivity contribution in [2.24, 2.45) is 0 Å². The molecule has 1 amide bonds. The van der Waals surface area contributed by atoms with Crippen LogP contribution < -0.4 is 14.8 Å². The number of ether oxygens (including phenoxy) is 2. The number of methoxy groups -OCH3 is 2. The molecule has 0 aliphatic heterocycles. The van der Waals surface area contributed by atoms with Crippen LogP contribution >= 0.6 is 11.8 Å². The molecule has 0 aliphatic rings. The van der Waals surface area contributed by atoms with Crippen molar-refractivity contribution in [2.45, 2.75) is 5.75 Å². The molecule has 0 fully saturated rings. The van der Waals surface area contributed by atoms with E-state index in [-0.39, 0.29) is 35.1 Å². The molecule has 2 aromatic rings. The first-order valence-electron chi connectivity index (χ1n) is 7.97. The van der Waals surface area contributed by atoms with E-state index in [0.717, 1.165) is 6.07 Å². The van der Waals surface area contributed by atoms with Gasteiger partial charge in [-0.3, -0.25) is 14.9 Å². The number of thioether (sulfide) groups is 1. The number of hydrogen-bond acceptors (Lipinski definition) is 6. The van der Waals surface area contributed by atoms with Gasteiger partial charge in [0.2, 0.25) is 0 Å². The van der Waals surface area contributed by atoms with Gasteiger partial charge in [-0.25, -0.2) is 4.39 Å². The second-order valence-corrected chi connectivity index (χ2v) is 6.49. The highest BCUT2D eigenvalue weighted by atomic mass is 32.2. The van der Waals surface area contributed by atoms with Crippen LogP contribution in [0, 0.1) is 15.9 Å². The Morgan fingerprint density at radius 3 is 2.52 bits per heavy atom. The Balaban J connectivity index is 1.97. The van der Waals surface area contributed by atoms with Crippen LogP contribution in [0.2, 0.25) is 0 Å². The van der Waals surface area contributed by atoms with Crippen molar-refractivity contribution in [1.29, 1.82) is 0 Å². The van der Waals surface area contributed by atoms with E-state index in [2.05, 4.69) is 5.32 Å². The molecule has 0 unspecified atom stereocenters. The number of nitrogens with one attached hydrogen (secondary N) is 1. The van der Waals surface area contributed by atoms with Crippen molar-refractivity contribution in [1.82, 2.24) is 5.32 Å². The first-order chi connectivity index (χ1) is 13.0. The van der Waals surface area contributed by atoms with Gasteiger partial charge in [-0.1, -0.05) is 18.2 Å². The number of carbonyl (C=O) groups is 1. The summed E-state index contributed by atoms with van der Waals surface area (Å²) >= 11 is 1.45. The molecule has 0 saturated heterocycles. The number of nitrogens with zero attached hydrogens (tertiary/aromatic N) is 1. The van der Waals surface area contributed by atoms with Crippen molar-refractivity contribution in [2.75, 3.05) is 26.5 Å². The second kappa shape index (κ2) is 9.77. The molecule has 0 aromatic heterocycles. The molecule has 0 saturated carbocycles. The third-order valence-corrected chi connectivity index (χ3v) is 4.70. The zero-order chi connectivity index (χ0) is 19.8. The summed E-state index contributed by atoms with van der Waals surface area (Å²) in [5, 5.41) is 13.9. The summed E-state index contributed by atoms with van der Waals surface area (Å²) in [5.74, 6) is 0.535. The quantitative estimate of drug-likeness (QED) is 0.398. The maximum atomic E-state index is 13.5. The van der Waals surface area contributed by atoms with E-state index in [9.17, 15) is 19.3 Å². The van der Waals surface area contributed by atoms with Crippen LogP contribution in [0.1, 0.15) is 15.9 Å². The van der Waals surface area contributed by atoms with Gasteiger partial charge in [0, 0.05) is 24.1 Å². The third kappa shape index (κ3) is 5.33. The lowest BCUT2D eigenvalue weighted by Crippen LogP contribution is -2.26. The predicted molar refractivity (Wildman–Crippen MR) is 101 cm³/mol. The summed E-state index contributed by atoms with van der Waals surface area (Å²) in [6.07, 6.45) is 0. The molecule has 0 heterocycles. The number of nitro groups is 1. The number of rotatable bonds is 9. The summed E-state index contributed by atoms with van der Waals surface area (Å²) in [4.78, 5) is 22.9. The number of benzene rings is 2. The molecule has 0 bridgehead atoms. The van der Waals surface area contributed by atoms with Crippen molar-refractivity contribution in [3.63, 3.8) is 0 Å². The van der Waals surface area contributed by atoms with E-state index in [0.29, 0.717) is 17.1 Å². The Kier molecular flexibility index (Phi) is 7.42. The van der Waals surface area contributed by atoms with Crippen molar-refractivity contribution >= 4 is 23.4 Å². The number of hydrogen-bond donors (Lipinski definition) is 1. The number of halogens is 1. The lowest BCUT2D eigenvalue weighted by Gasteiger charge is -2.11. The lowest BCUT2D eigenvalue weighted by atomic mass is 10.1. The largest absolute Gasteiger partial charge is 0.493 e. The Labute approximate surface area is 160 Å². The zero-order valence-corrected chi connectivity index (χ0v) is 15.7. The number of nitro benzene ring substituents is 1. The smallest absolute Gasteiger partial charge is 0.286 e. The molecule has 0 aliphatic carbocycles. The summed E-state index contributed by atoms with van der Waals surface area (Å²) in [7, 11) is 2.73. The van der Waals surface area contributed by atoms with Gasteiger partial charge < -0.3 is 14.8 Å². The van der Waals surface area contributed by atoms with Crippen LogP contribution in [0.3, 0.4) is 0 Å². The van der Waals surface area contributed by atoms with Crippen LogP contribution in [0.4, 0.5) is 10.1 Å². The average Bonchev–Trinajstić information content (AvgIpc) is 2.67. The first-order valence-corrected chi connectivity index (χ1v) is 9.13. The van der Waals surface area contributed by atoms with Crippen LogP contribution in [0.15, 0.2) is 36.4 Å². The highest BCUT2D eigenvalue weighted by Crippen LogP contribution is 2.34. The van der Waals surface area contributed by atoms with E-state index in [1.165, 1.54) is 38.1 Å². The molecule has 0 atom stereocenters. The summed E-state index contributed by atoms with van der Waals surface area (Å²) in [6, 6.07) is 8.91. The van der Waals surface area contributed by atoms with Crippen LogP contribution in [-0.4, -0.2) is 37.3 Å². The van der Waals surface area contributed by atoms with Gasteiger partial charge >= 0.3 is 0 Å². The molecule has 7 nitrogen and oxygen atoms in total. The fourth-order valence-electron chi connectivity index (χ4n) is 2.33. The van der Waals surface area contributed by atoms with Crippen molar-refractivity contribution in [3.05, 3.63) is 63.5 Å². The summed E-state index contributed by atoms with van der Waals surface area (Å²) in [6.45, 7) is 0.281. The molecule has 0 radical (unpaired) electrons. The second-order valence-electron chi connectivity index (χ2n) is 5.38. The van der Waals surface area contributed by atoms with E-state index < -0.39 is 10.8 Å². The van der Waals surface area contributed by atoms with Crippen LogP contribution in [0.25, 0.3) is 0 Å². The minimum atomic E-state index is -0.649. The highest BCUT2D eigenvalue weighted by Gasteiger charge is 2.24. The fraction of sp³-hybridized carbons (Fsp3) is 0.278. The van der Waals surface area contributed by atoms with Gasteiger partial charge in [0.05, 0.1) is 25.2 Å². The first kappa shape index (κ1) is 20.5. The molecule has 27 heavy (non-hydrogen) atoms. The summed E-state index contributed by atoms with van der Waals surface area (Å²) in [5.41, 5.74) is 0.102. The maximum Gasteiger partial charge on any atom is 0.286 e. The van der Waals surface area contributed by atoms with Gasteiger partial charge in [0.25, 0.3) is 11.6 Å². The van der Waals surface area contributed by atoms with Gasteiger partial charge in [-0.2, -0.15) is 11.8 Å². The topological polar surface area (TPSA) is 90.7 Å². The molecular weight excluding hydrogens is 375 g/mol. The summed E-state index contributed by atoms with van der Waals surface area (Å²) < 4.78 is 23.7. The van der Waals surface area contributed by atoms with Gasteiger partial charge in [-0.15, -0.1) is 0 Å². The van der Waals surface area contributed by atoms with Gasteiger partial charge in [-0.05, 0) is 11.6 Å². The van der Waals surface area contributed by atoms with E-state index >= 15 is 0 Å². The Morgan fingerprint density at radius 1 is 1.22 bits per heavy atom. The number of carbonyl (C=O) groups excluding carboxylic acids is 1. The average molecular weight is 394 g/mol. The molecule has 9 heteroatoms. The van der Waals surface area contributed by atoms with Gasteiger partial charge in [0.1, 0.15) is 11.4 Å². The Hall–Kier alpha value is -2.81. The monoisotopic (exact) mass is 394 g/mol. The van der Waals surface area contributed by atoms with Crippen LogP contribution in [0.5, 0.6) is 11.5 Å². The minimum Gasteiger partial charge on any atom is -0.493 e. The lowest BCUT2D eigenvalue weighted by molar-refractivity contribution is -0.385.